The lowest BCUT2D eigenvalue weighted by molar-refractivity contribution is 0.193. The predicted octanol–water partition coefficient (Wildman–Crippen LogP) is 3.43. The molecule has 0 amide bonds. The highest BCUT2D eigenvalue weighted by Crippen LogP contribution is 2.23. The van der Waals surface area contributed by atoms with E-state index in [9.17, 15) is 0 Å². The van der Waals surface area contributed by atoms with E-state index >= 15 is 0 Å². The van der Waals surface area contributed by atoms with E-state index in [1.807, 2.05) is 18.2 Å². The van der Waals surface area contributed by atoms with Crippen LogP contribution in [0.5, 0.6) is 0 Å². The molecule has 1 aromatic rings. The SMILES string of the molecule is CN(Cc1ccccc1Cl)C1CCCCCC1N. The molecule has 100 valence electrons. The Balaban J connectivity index is 2.02. The van der Waals surface area contributed by atoms with E-state index in [0.29, 0.717) is 12.1 Å². The minimum atomic E-state index is 0.306. The normalized spacial score (nSPS) is 25.1. The second-order valence-electron chi connectivity index (χ2n) is 5.38. The molecule has 2 nitrogen and oxygen atoms in total. The highest BCUT2D eigenvalue weighted by molar-refractivity contribution is 6.31. The van der Waals surface area contributed by atoms with E-state index in [1.165, 1.54) is 31.2 Å². The van der Waals surface area contributed by atoms with Gasteiger partial charge in [0.15, 0.2) is 0 Å². The third-order valence-corrected chi connectivity index (χ3v) is 4.34. The molecule has 2 rings (SSSR count). The summed E-state index contributed by atoms with van der Waals surface area (Å²) < 4.78 is 0. The fourth-order valence-corrected chi connectivity index (χ4v) is 3.07. The standard InChI is InChI=1S/C15H23ClN2/c1-18(11-12-7-5-6-8-13(12)16)15-10-4-2-3-9-14(15)17/h5-8,14-15H,2-4,9-11,17H2,1H3. The number of likely N-dealkylation sites (N-methyl/N-ethyl adjacent to an activating group) is 1. The summed E-state index contributed by atoms with van der Waals surface area (Å²) in [5.74, 6) is 0. The molecule has 2 N–H and O–H groups in total. The Morgan fingerprint density at radius 1 is 1.22 bits per heavy atom. The van der Waals surface area contributed by atoms with E-state index in [-0.39, 0.29) is 0 Å². The predicted molar refractivity (Wildman–Crippen MR) is 77.8 cm³/mol. The average Bonchev–Trinajstić information content (AvgIpc) is 2.57. The van der Waals surface area contributed by atoms with Gasteiger partial charge in [0, 0.05) is 23.7 Å². The van der Waals surface area contributed by atoms with Gasteiger partial charge in [0.2, 0.25) is 0 Å². The summed E-state index contributed by atoms with van der Waals surface area (Å²) >= 11 is 6.22. The molecule has 2 unspecified atom stereocenters. The third-order valence-electron chi connectivity index (χ3n) is 3.98. The molecular weight excluding hydrogens is 244 g/mol. The third kappa shape index (κ3) is 3.47. The first-order chi connectivity index (χ1) is 8.68. The van der Waals surface area contributed by atoms with Crippen LogP contribution in [0.4, 0.5) is 0 Å². The van der Waals surface area contributed by atoms with Crippen LogP contribution >= 0.6 is 11.6 Å². The molecule has 1 aliphatic rings. The van der Waals surface area contributed by atoms with Gasteiger partial charge in [0.25, 0.3) is 0 Å². The Morgan fingerprint density at radius 3 is 2.72 bits per heavy atom. The zero-order valence-corrected chi connectivity index (χ0v) is 11.9. The maximum absolute atomic E-state index is 6.30. The summed E-state index contributed by atoms with van der Waals surface area (Å²) in [5, 5.41) is 0.853. The molecule has 0 spiro atoms. The molecule has 1 fully saturated rings. The van der Waals surface area contributed by atoms with Gasteiger partial charge in [-0.05, 0) is 31.5 Å². The van der Waals surface area contributed by atoms with Gasteiger partial charge in [-0.2, -0.15) is 0 Å². The molecule has 0 radical (unpaired) electrons. The summed E-state index contributed by atoms with van der Waals surface area (Å²) in [7, 11) is 2.17. The molecule has 0 heterocycles. The molecule has 18 heavy (non-hydrogen) atoms. The van der Waals surface area contributed by atoms with E-state index in [2.05, 4.69) is 18.0 Å². The van der Waals surface area contributed by atoms with Crippen LogP contribution in [0.2, 0.25) is 5.02 Å². The first-order valence-corrected chi connectivity index (χ1v) is 7.25. The Morgan fingerprint density at radius 2 is 1.94 bits per heavy atom. The molecule has 1 aromatic carbocycles. The molecule has 0 bridgehead atoms. The van der Waals surface area contributed by atoms with Crippen molar-refractivity contribution in [2.24, 2.45) is 5.73 Å². The van der Waals surface area contributed by atoms with Gasteiger partial charge in [0.1, 0.15) is 0 Å². The van der Waals surface area contributed by atoms with Gasteiger partial charge in [-0.1, -0.05) is 49.1 Å². The Bertz CT molecular complexity index is 381. The van der Waals surface area contributed by atoms with E-state index in [4.69, 9.17) is 17.3 Å². The van der Waals surface area contributed by atoms with Crippen molar-refractivity contribution in [3.63, 3.8) is 0 Å². The molecule has 2 atom stereocenters. The minimum Gasteiger partial charge on any atom is -0.326 e. The second kappa shape index (κ2) is 6.55. The van der Waals surface area contributed by atoms with Gasteiger partial charge < -0.3 is 5.73 Å². The first kappa shape index (κ1) is 13.9. The van der Waals surface area contributed by atoms with Crippen molar-refractivity contribution in [2.45, 2.75) is 50.7 Å². The number of hydrogen-bond donors (Lipinski definition) is 1. The Labute approximate surface area is 115 Å². The molecule has 3 heteroatoms. The number of halogens is 1. The van der Waals surface area contributed by atoms with Gasteiger partial charge in [-0.25, -0.2) is 0 Å². The lowest BCUT2D eigenvalue weighted by atomic mass is 10.0. The largest absolute Gasteiger partial charge is 0.326 e. The summed E-state index contributed by atoms with van der Waals surface area (Å²) in [6.45, 7) is 0.887. The lowest BCUT2D eigenvalue weighted by Crippen LogP contribution is -2.45. The summed E-state index contributed by atoms with van der Waals surface area (Å²) in [6, 6.07) is 8.87. The van der Waals surface area contributed by atoms with Crippen LogP contribution in [0.25, 0.3) is 0 Å². The Kier molecular flexibility index (Phi) is 5.04. The summed E-state index contributed by atoms with van der Waals surface area (Å²) in [6.07, 6.45) is 6.26. The number of nitrogens with two attached hydrogens (primary N) is 1. The highest BCUT2D eigenvalue weighted by atomic mass is 35.5. The topological polar surface area (TPSA) is 29.3 Å². The second-order valence-corrected chi connectivity index (χ2v) is 5.78. The molecule has 1 aliphatic carbocycles. The van der Waals surface area contributed by atoms with Crippen molar-refractivity contribution in [1.29, 1.82) is 0 Å². The van der Waals surface area contributed by atoms with E-state index in [0.717, 1.165) is 18.0 Å². The van der Waals surface area contributed by atoms with Crippen molar-refractivity contribution in [1.82, 2.24) is 4.90 Å². The molecule has 0 aromatic heterocycles. The lowest BCUT2D eigenvalue weighted by Gasteiger charge is -2.31. The quantitative estimate of drug-likeness (QED) is 0.850. The molecule has 0 saturated heterocycles. The van der Waals surface area contributed by atoms with Crippen LogP contribution in [0.15, 0.2) is 24.3 Å². The fraction of sp³-hybridized carbons (Fsp3) is 0.600. The van der Waals surface area contributed by atoms with Crippen molar-refractivity contribution in [3.05, 3.63) is 34.9 Å². The number of hydrogen-bond acceptors (Lipinski definition) is 2. The fourth-order valence-electron chi connectivity index (χ4n) is 2.88. The smallest absolute Gasteiger partial charge is 0.0451 e. The number of benzene rings is 1. The maximum Gasteiger partial charge on any atom is 0.0451 e. The van der Waals surface area contributed by atoms with Crippen LogP contribution in [-0.4, -0.2) is 24.0 Å². The minimum absolute atomic E-state index is 0.306. The van der Waals surface area contributed by atoms with E-state index < -0.39 is 0 Å². The van der Waals surface area contributed by atoms with Crippen molar-refractivity contribution < 1.29 is 0 Å². The molecule has 0 aliphatic heterocycles. The van der Waals surface area contributed by atoms with Gasteiger partial charge in [0.05, 0.1) is 0 Å². The van der Waals surface area contributed by atoms with Crippen LogP contribution in [0.3, 0.4) is 0 Å². The highest BCUT2D eigenvalue weighted by Gasteiger charge is 2.24. The van der Waals surface area contributed by atoms with Crippen LogP contribution in [0.1, 0.15) is 37.7 Å². The number of nitrogens with zero attached hydrogens (tertiary/aromatic N) is 1. The Hall–Kier alpha value is -0.570. The van der Waals surface area contributed by atoms with Crippen LogP contribution in [0, 0.1) is 0 Å². The van der Waals surface area contributed by atoms with Gasteiger partial charge in [-0.15, -0.1) is 0 Å². The van der Waals surface area contributed by atoms with Crippen molar-refractivity contribution >= 4 is 11.6 Å². The monoisotopic (exact) mass is 266 g/mol. The zero-order valence-electron chi connectivity index (χ0n) is 11.1. The molecule has 1 saturated carbocycles. The van der Waals surface area contributed by atoms with Crippen LogP contribution in [-0.2, 0) is 6.54 Å². The number of rotatable bonds is 3. The van der Waals surface area contributed by atoms with Crippen molar-refractivity contribution in [2.75, 3.05) is 7.05 Å². The summed E-state index contributed by atoms with van der Waals surface area (Å²) in [5.41, 5.74) is 7.49. The zero-order chi connectivity index (χ0) is 13.0. The van der Waals surface area contributed by atoms with Crippen LogP contribution < -0.4 is 5.73 Å². The van der Waals surface area contributed by atoms with Gasteiger partial charge >= 0.3 is 0 Å². The van der Waals surface area contributed by atoms with Crippen molar-refractivity contribution in [3.8, 4) is 0 Å². The molecular formula is C15H23ClN2. The van der Waals surface area contributed by atoms with Gasteiger partial charge in [-0.3, -0.25) is 4.90 Å². The maximum atomic E-state index is 6.30. The summed E-state index contributed by atoms with van der Waals surface area (Å²) in [4.78, 5) is 2.37. The van der Waals surface area contributed by atoms with E-state index in [1.54, 1.807) is 0 Å². The first-order valence-electron chi connectivity index (χ1n) is 6.87. The average molecular weight is 267 g/mol.